The summed E-state index contributed by atoms with van der Waals surface area (Å²) in [5.74, 6) is 1.07. The molecule has 6 nitrogen and oxygen atoms in total. The molecule has 3 rings (SSSR count). The summed E-state index contributed by atoms with van der Waals surface area (Å²) in [7, 11) is 4.05. The van der Waals surface area contributed by atoms with Crippen LogP contribution in [0.15, 0.2) is 48.0 Å². The van der Waals surface area contributed by atoms with Gasteiger partial charge in [-0.1, -0.05) is 42.0 Å². The molecule has 0 spiro atoms. The molecule has 0 bridgehead atoms. The van der Waals surface area contributed by atoms with Gasteiger partial charge in [-0.05, 0) is 46.2 Å². The first-order valence-corrected chi connectivity index (χ1v) is 10.4. The van der Waals surface area contributed by atoms with E-state index in [9.17, 15) is 4.79 Å². The maximum Gasteiger partial charge on any atom is 0.270 e. The number of nitrogens with one attached hydrogen (secondary N) is 2. The Balaban J connectivity index is 1.71. The lowest BCUT2D eigenvalue weighted by atomic mass is 9.97. The van der Waals surface area contributed by atoms with E-state index in [1.807, 2.05) is 44.4 Å². The zero-order valence-corrected chi connectivity index (χ0v) is 17.4. The second kappa shape index (κ2) is 10.7. The normalized spacial score (nSPS) is 13.8. The van der Waals surface area contributed by atoms with Crippen molar-refractivity contribution in [1.29, 1.82) is 0 Å². The molecule has 6 heteroatoms. The van der Waals surface area contributed by atoms with Crippen molar-refractivity contribution in [3.8, 4) is 11.4 Å². The second-order valence-electron chi connectivity index (χ2n) is 7.67. The number of amides is 1. The number of rotatable bonds is 9. The first-order valence-electron chi connectivity index (χ1n) is 10.4. The van der Waals surface area contributed by atoms with Gasteiger partial charge in [-0.3, -0.25) is 4.79 Å². The molecule has 1 amide bonds. The molecule has 154 valence electrons. The lowest BCUT2D eigenvalue weighted by Crippen LogP contribution is -2.26. The molecule has 2 N–H and O–H groups in total. The highest BCUT2D eigenvalue weighted by molar-refractivity contribution is 5.93. The van der Waals surface area contributed by atoms with Gasteiger partial charge < -0.3 is 15.5 Å². The second-order valence-corrected chi connectivity index (χ2v) is 7.67. The number of likely N-dealkylation sites (N-methyl/N-ethyl adjacent to an activating group) is 1. The fourth-order valence-electron chi connectivity index (χ4n) is 3.34. The Morgan fingerprint density at radius 2 is 1.93 bits per heavy atom. The monoisotopic (exact) mass is 393 g/mol. The Hall–Kier alpha value is -2.73. The molecule has 1 aromatic carbocycles. The minimum absolute atomic E-state index is 0.156. The molecule has 1 heterocycles. The standard InChI is InChI=1S/C23H31N5O/c1-28(2)16-15-24-21-17-20(26-22(27-21)19-11-7-4-8-12-19)23(29)25-14-13-18-9-5-3-6-10-18/h4,7-9,11-12,17H,3,5-6,10,13-16H2,1-2H3,(H,25,29)(H,24,26,27). The lowest BCUT2D eigenvalue weighted by Gasteiger charge is -2.14. The zero-order chi connectivity index (χ0) is 20.5. The highest BCUT2D eigenvalue weighted by Crippen LogP contribution is 2.20. The van der Waals surface area contributed by atoms with Crippen LogP contribution in [0.2, 0.25) is 0 Å². The number of hydrogen-bond acceptors (Lipinski definition) is 5. The van der Waals surface area contributed by atoms with Crippen LogP contribution in [0.25, 0.3) is 11.4 Å². The molecule has 0 fully saturated rings. The molecule has 1 aromatic heterocycles. The highest BCUT2D eigenvalue weighted by atomic mass is 16.1. The van der Waals surface area contributed by atoms with Crippen molar-refractivity contribution in [2.45, 2.75) is 32.1 Å². The maximum atomic E-state index is 12.7. The zero-order valence-electron chi connectivity index (χ0n) is 17.4. The average molecular weight is 394 g/mol. The van der Waals surface area contributed by atoms with Gasteiger partial charge in [0, 0.05) is 31.3 Å². The largest absolute Gasteiger partial charge is 0.369 e. The van der Waals surface area contributed by atoms with Gasteiger partial charge in [0.2, 0.25) is 0 Å². The summed E-state index contributed by atoms with van der Waals surface area (Å²) >= 11 is 0. The van der Waals surface area contributed by atoms with Gasteiger partial charge in [-0.15, -0.1) is 0 Å². The van der Waals surface area contributed by atoms with Crippen LogP contribution in [-0.2, 0) is 0 Å². The number of allylic oxidation sites excluding steroid dienone is 1. The van der Waals surface area contributed by atoms with E-state index in [1.165, 1.54) is 18.4 Å². The summed E-state index contributed by atoms with van der Waals surface area (Å²) in [6.07, 6.45) is 8.09. The van der Waals surface area contributed by atoms with Crippen LogP contribution < -0.4 is 10.6 Å². The third-order valence-corrected chi connectivity index (χ3v) is 4.97. The first kappa shape index (κ1) is 21.0. The summed E-state index contributed by atoms with van der Waals surface area (Å²) < 4.78 is 0. The molecular weight excluding hydrogens is 362 g/mol. The van der Waals surface area contributed by atoms with Crippen LogP contribution in [0.5, 0.6) is 0 Å². The van der Waals surface area contributed by atoms with E-state index < -0.39 is 0 Å². The van der Waals surface area contributed by atoms with Gasteiger partial charge in [0.05, 0.1) is 0 Å². The number of hydrogen-bond donors (Lipinski definition) is 2. The number of carbonyl (C=O) groups excluding carboxylic acids is 1. The third-order valence-electron chi connectivity index (χ3n) is 4.97. The fraction of sp³-hybridized carbons (Fsp3) is 0.435. The number of benzene rings is 1. The van der Waals surface area contributed by atoms with E-state index in [0.29, 0.717) is 23.9 Å². The smallest absolute Gasteiger partial charge is 0.270 e. The van der Waals surface area contributed by atoms with Crippen molar-refractivity contribution < 1.29 is 4.79 Å². The molecular formula is C23H31N5O. The van der Waals surface area contributed by atoms with Crippen molar-refractivity contribution in [3.63, 3.8) is 0 Å². The van der Waals surface area contributed by atoms with Gasteiger partial charge in [0.15, 0.2) is 5.82 Å². The van der Waals surface area contributed by atoms with Crippen LogP contribution >= 0.6 is 0 Å². The van der Waals surface area contributed by atoms with Crippen LogP contribution in [0.1, 0.15) is 42.6 Å². The highest BCUT2D eigenvalue weighted by Gasteiger charge is 2.13. The fourth-order valence-corrected chi connectivity index (χ4v) is 3.34. The van der Waals surface area contributed by atoms with Crippen molar-refractivity contribution in [1.82, 2.24) is 20.2 Å². The summed E-state index contributed by atoms with van der Waals surface area (Å²) in [4.78, 5) is 24.0. The number of anilines is 1. The Bertz CT molecular complexity index is 832. The van der Waals surface area contributed by atoms with Gasteiger partial charge in [0.1, 0.15) is 11.5 Å². The molecule has 1 aliphatic rings. The van der Waals surface area contributed by atoms with E-state index >= 15 is 0 Å². The Kier molecular flexibility index (Phi) is 7.76. The van der Waals surface area contributed by atoms with E-state index in [2.05, 4.69) is 31.6 Å². The van der Waals surface area contributed by atoms with Gasteiger partial charge in [0.25, 0.3) is 5.91 Å². The van der Waals surface area contributed by atoms with Crippen LogP contribution in [-0.4, -0.2) is 54.5 Å². The topological polar surface area (TPSA) is 70.2 Å². The molecule has 0 saturated heterocycles. The van der Waals surface area contributed by atoms with Gasteiger partial charge >= 0.3 is 0 Å². The van der Waals surface area contributed by atoms with E-state index in [-0.39, 0.29) is 5.91 Å². The van der Waals surface area contributed by atoms with Crippen molar-refractivity contribution in [3.05, 3.63) is 53.7 Å². The van der Waals surface area contributed by atoms with E-state index in [4.69, 9.17) is 0 Å². The summed E-state index contributed by atoms with van der Waals surface area (Å²) in [6, 6.07) is 11.5. The Morgan fingerprint density at radius 3 is 2.66 bits per heavy atom. The van der Waals surface area contributed by atoms with Gasteiger partial charge in [-0.25, -0.2) is 9.97 Å². The number of carbonyl (C=O) groups is 1. The SMILES string of the molecule is CN(C)CCNc1cc(C(=O)NCCC2=CCCCC2)nc(-c2ccccc2)n1. The predicted molar refractivity (Wildman–Crippen MR) is 118 cm³/mol. The summed E-state index contributed by atoms with van der Waals surface area (Å²) in [6.45, 7) is 2.26. The number of aromatic nitrogens is 2. The molecule has 0 unspecified atom stereocenters. The van der Waals surface area contributed by atoms with E-state index in [0.717, 1.165) is 37.9 Å². The van der Waals surface area contributed by atoms with Crippen LogP contribution in [0.4, 0.5) is 5.82 Å². The quantitative estimate of drug-likeness (QED) is 0.635. The maximum absolute atomic E-state index is 12.7. The Labute approximate surface area is 173 Å². The molecule has 1 aliphatic carbocycles. The molecule has 0 saturated carbocycles. The molecule has 0 atom stereocenters. The van der Waals surface area contributed by atoms with E-state index in [1.54, 1.807) is 6.07 Å². The van der Waals surface area contributed by atoms with Crippen LogP contribution in [0, 0.1) is 0 Å². The molecule has 29 heavy (non-hydrogen) atoms. The Morgan fingerprint density at radius 1 is 1.10 bits per heavy atom. The number of nitrogens with zero attached hydrogens (tertiary/aromatic N) is 3. The minimum Gasteiger partial charge on any atom is -0.369 e. The summed E-state index contributed by atoms with van der Waals surface area (Å²) in [5.41, 5.74) is 2.74. The van der Waals surface area contributed by atoms with Crippen LogP contribution in [0.3, 0.4) is 0 Å². The lowest BCUT2D eigenvalue weighted by molar-refractivity contribution is 0.0949. The predicted octanol–water partition coefficient (Wildman–Crippen LogP) is 3.74. The molecule has 0 radical (unpaired) electrons. The summed E-state index contributed by atoms with van der Waals surface area (Å²) in [5, 5.41) is 6.33. The average Bonchev–Trinajstić information content (AvgIpc) is 2.74. The van der Waals surface area contributed by atoms with Crippen molar-refractivity contribution in [2.24, 2.45) is 0 Å². The molecule has 0 aliphatic heterocycles. The third kappa shape index (κ3) is 6.68. The minimum atomic E-state index is -0.156. The first-order chi connectivity index (χ1) is 14.1. The van der Waals surface area contributed by atoms with Gasteiger partial charge in [-0.2, -0.15) is 0 Å². The molecule has 2 aromatic rings. The van der Waals surface area contributed by atoms with Crippen molar-refractivity contribution in [2.75, 3.05) is 39.0 Å². The van der Waals surface area contributed by atoms with Crippen molar-refractivity contribution >= 4 is 11.7 Å².